The lowest BCUT2D eigenvalue weighted by Gasteiger charge is -2.27. The Morgan fingerprint density at radius 2 is 2.14 bits per heavy atom. The van der Waals surface area contributed by atoms with Gasteiger partial charge in [-0.05, 0) is 31.6 Å². The minimum atomic E-state index is 0.135. The van der Waals surface area contributed by atoms with Crippen molar-refractivity contribution >= 4 is 23.6 Å². The second-order valence-electron chi connectivity index (χ2n) is 6.16. The monoisotopic (exact) mass is 308 g/mol. The van der Waals surface area contributed by atoms with Gasteiger partial charge in [-0.1, -0.05) is 37.9 Å². The average Bonchev–Trinajstić information content (AvgIpc) is 3.10. The second kappa shape index (κ2) is 6.81. The first-order chi connectivity index (χ1) is 10.3. The Labute approximate surface area is 130 Å². The number of carbonyl (C=O) groups excluding carboxylic acids is 1. The van der Waals surface area contributed by atoms with Gasteiger partial charge in [-0.2, -0.15) is 0 Å². The number of rotatable bonds is 5. The standard InChI is InChI=1S/C15H24N4OS/c1-2-3-4-11-5-7-12(8-6-11)13(20)16-14-17-18-15-19(14)9-10-21-15/h11-12H,2-10H2,1H3,(H,16,17,20). The topological polar surface area (TPSA) is 59.8 Å². The Kier molecular flexibility index (Phi) is 4.83. The first-order valence-electron chi connectivity index (χ1n) is 8.14. The quantitative estimate of drug-likeness (QED) is 0.906. The molecular formula is C15H24N4OS. The molecule has 0 aromatic carbocycles. The fraction of sp³-hybridized carbons (Fsp3) is 0.800. The van der Waals surface area contributed by atoms with Crippen molar-refractivity contribution in [3.05, 3.63) is 0 Å². The zero-order chi connectivity index (χ0) is 14.7. The van der Waals surface area contributed by atoms with Crippen molar-refractivity contribution in [2.24, 2.45) is 11.8 Å². The largest absolute Gasteiger partial charge is 0.294 e. The highest BCUT2D eigenvalue weighted by Gasteiger charge is 2.28. The molecule has 1 fully saturated rings. The second-order valence-corrected chi connectivity index (χ2v) is 7.22. The maximum absolute atomic E-state index is 12.4. The SMILES string of the molecule is CCCCC1CCC(C(=O)Nc2nnc3n2CCS3)CC1. The minimum absolute atomic E-state index is 0.135. The molecule has 1 N–H and O–H groups in total. The molecule has 1 aliphatic heterocycles. The average molecular weight is 308 g/mol. The van der Waals surface area contributed by atoms with Crippen LogP contribution in [0, 0.1) is 11.8 Å². The molecule has 3 rings (SSSR count). The highest BCUT2D eigenvalue weighted by atomic mass is 32.2. The zero-order valence-corrected chi connectivity index (χ0v) is 13.5. The third-order valence-electron chi connectivity index (χ3n) is 4.68. The number of thioether (sulfide) groups is 1. The molecule has 21 heavy (non-hydrogen) atoms. The Hall–Kier alpha value is -1.04. The number of aromatic nitrogens is 3. The van der Waals surface area contributed by atoms with E-state index in [9.17, 15) is 4.79 Å². The van der Waals surface area contributed by atoms with Gasteiger partial charge in [0.25, 0.3) is 0 Å². The van der Waals surface area contributed by atoms with E-state index >= 15 is 0 Å². The molecule has 0 unspecified atom stereocenters. The summed E-state index contributed by atoms with van der Waals surface area (Å²) in [6.07, 6.45) is 8.38. The predicted octanol–water partition coefficient (Wildman–Crippen LogP) is 3.32. The van der Waals surface area contributed by atoms with Crippen molar-refractivity contribution in [3.8, 4) is 0 Å². The van der Waals surface area contributed by atoms with Gasteiger partial charge >= 0.3 is 0 Å². The fourth-order valence-electron chi connectivity index (χ4n) is 3.34. The van der Waals surface area contributed by atoms with Crippen LogP contribution < -0.4 is 5.32 Å². The molecule has 0 spiro atoms. The molecule has 0 atom stereocenters. The van der Waals surface area contributed by atoms with E-state index in [1.165, 1.54) is 32.1 Å². The number of carbonyl (C=O) groups is 1. The molecule has 6 heteroatoms. The number of hydrogen-bond donors (Lipinski definition) is 1. The van der Waals surface area contributed by atoms with E-state index in [2.05, 4.69) is 22.4 Å². The number of nitrogens with zero attached hydrogens (tertiary/aromatic N) is 3. The first-order valence-corrected chi connectivity index (χ1v) is 9.13. The lowest BCUT2D eigenvalue weighted by atomic mass is 9.79. The lowest BCUT2D eigenvalue weighted by molar-refractivity contribution is -0.121. The number of anilines is 1. The molecule has 0 radical (unpaired) electrons. The minimum Gasteiger partial charge on any atom is -0.294 e. The van der Waals surface area contributed by atoms with E-state index in [0.717, 1.165) is 36.2 Å². The van der Waals surface area contributed by atoms with Gasteiger partial charge in [0, 0.05) is 18.2 Å². The van der Waals surface area contributed by atoms with Crippen molar-refractivity contribution in [2.75, 3.05) is 11.1 Å². The van der Waals surface area contributed by atoms with E-state index in [1.54, 1.807) is 11.8 Å². The maximum atomic E-state index is 12.4. The summed E-state index contributed by atoms with van der Waals surface area (Å²) in [6, 6.07) is 0. The molecule has 1 aliphatic carbocycles. The molecule has 1 aromatic rings. The van der Waals surface area contributed by atoms with E-state index in [-0.39, 0.29) is 11.8 Å². The lowest BCUT2D eigenvalue weighted by Crippen LogP contribution is -2.28. The van der Waals surface area contributed by atoms with Crippen LogP contribution in [0.2, 0.25) is 0 Å². The van der Waals surface area contributed by atoms with Crippen LogP contribution in [0.3, 0.4) is 0 Å². The van der Waals surface area contributed by atoms with E-state index in [0.29, 0.717) is 5.95 Å². The van der Waals surface area contributed by atoms with E-state index in [4.69, 9.17) is 0 Å². The van der Waals surface area contributed by atoms with Crippen molar-refractivity contribution < 1.29 is 4.79 Å². The van der Waals surface area contributed by atoms with Crippen molar-refractivity contribution in [1.82, 2.24) is 14.8 Å². The normalized spacial score (nSPS) is 24.8. The molecule has 2 aliphatic rings. The van der Waals surface area contributed by atoms with Crippen molar-refractivity contribution in [1.29, 1.82) is 0 Å². The Bertz CT molecular complexity index is 494. The molecule has 1 saturated carbocycles. The van der Waals surface area contributed by atoms with Crippen LogP contribution in [0.15, 0.2) is 5.16 Å². The highest BCUT2D eigenvalue weighted by Crippen LogP contribution is 2.33. The molecule has 0 saturated heterocycles. The van der Waals surface area contributed by atoms with Crippen LogP contribution in [-0.4, -0.2) is 26.4 Å². The van der Waals surface area contributed by atoms with Gasteiger partial charge in [0.05, 0.1) is 0 Å². The van der Waals surface area contributed by atoms with Crippen LogP contribution in [0.25, 0.3) is 0 Å². The van der Waals surface area contributed by atoms with Crippen LogP contribution >= 0.6 is 11.8 Å². The molecule has 1 amide bonds. The molecular weight excluding hydrogens is 284 g/mol. The summed E-state index contributed by atoms with van der Waals surface area (Å²) in [5.41, 5.74) is 0. The van der Waals surface area contributed by atoms with Crippen LogP contribution in [-0.2, 0) is 11.3 Å². The van der Waals surface area contributed by atoms with Crippen LogP contribution in [0.4, 0.5) is 5.95 Å². The number of fused-ring (bicyclic) bond motifs is 1. The van der Waals surface area contributed by atoms with Crippen LogP contribution in [0.1, 0.15) is 51.9 Å². The Morgan fingerprint density at radius 1 is 1.33 bits per heavy atom. The maximum Gasteiger partial charge on any atom is 0.231 e. The summed E-state index contributed by atoms with van der Waals surface area (Å²) in [6.45, 7) is 3.14. The smallest absolute Gasteiger partial charge is 0.231 e. The summed E-state index contributed by atoms with van der Waals surface area (Å²) in [7, 11) is 0. The van der Waals surface area contributed by atoms with E-state index < -0.39 is 0 Å². The first kappa shape index (κ1) is 14.9. The molecule has 1 aromatic heterocycles. The fourth-order valence-corrected chi connectivity index (χ4v) is 4.22. The van der Waals surface area contributed by atoms with Crippen molar-refractivity contribution in [2.45, 2.75) is 63.6 Å². The predicted molar refractivity (Wildman–Crippen MR) is 84.3 cm³/mol. The Balaban J connectivity index is 1.50. The summed E-state index contributed by atoms with van der Waals surface area (Å²) in [4.78, 5) is 12.4. The van der Waals surface area contributed by atoms with Gasteiger partial charge in [0.15, 0.2) is 5.16 Å². The van der Waals surface area contributed by atoms with Crippen LogP contribution in [0.5, 0.6) is 0 Å². The molecule has 2 heterocycles. The summed E-state index contributed by atoms with van der Waals surface area (Å²) >= 11 is 1.70. The van der Waals surface area contributed by atoms with Gasteiger partial charge in [0.2, 0.25) is 11.9 Å². The molecule has 116 valence electrons. The third-order valence-corrected chi connectivity index (χ3v) is 5.63. The van der Waals surface area contributed by atoms with Gasteiger partial charge in [-0.3, -0.25) is 14.7 Å². The summed E-state index contributed by atoms with van der Waals surface area (Å²) < 4.78 is 2.01. The highest BCUT2D eigenvalue weighted by molar-refractivity contribution is 7.99. The van der Waals surface area contributed by atoms with Gasteiger partial charge in [-0.25, -0.2) is 0 Å². The molecule has 0 bridgehead atoms. The number of nitrogens with one attached hydrogen (secondary N) is 1. The Morgan fingerprint density at radius 3 is 2.90 bits per heavy atom. The van der Waals surface area contributed by atoms with Gasteiger partial charge < -0.3 is 0 Å². The summed E-state index contributed by atoms with van der Waals surface area (Å²) in [5, 5.41) is 12.1. The molecule has 5 nitrogen and oxygen atoms in total. The zero-order valence-electron chi connectivity index (χ0n) is 12.7. The number of unbranched alkanes of at least 4 members (excludes halogenated alkanes) is 1. The summed E-state index contributed by atoms with van der Waals surface area (Å²) in [5.74, 6) is 2.78. The van der Waals surface area contributed by atoms with E-state index in [1.807, 2.05) is 4.57 Å². The van der Waals surface area contributed by atoms with Gasteiger partial charge in [-0.15, -0.1) is 10.2 Å². The van der Waals surface area contributed by atoms with Gasteiger partial charge in [0.1, 0.15) is 0 Å². The van der Waals surface area contributed by atoms with Crippen molar-refractivity contribution in [3.63, 3.8) is 0 Å². The third kappa shape index (κ3) is 3.42. The number of amides is 1. The number of hydrogen-bond acceptors (Lipinski definition) is 4.